The van der Waals surface area contributed by atoms with Crippen molar-refractivity contribution in [1.29, 1.82) is 0 Å². The first-order chi connectivity index (χ1) is 10.3. The molecular weight excluding hydrogens is 258 g/mol. The van der Waals surface area contributed by atoms with Crippen molar-refractivity contribution in [1.82, 2.24) is 9.80 Å². The molecule has 2 atom stereocenters. The second-order valence-electron chi connectivity index (χ2n) is 6.65. The van der Waals surface area contributed by atoms with Crippen LogP contribution in [0.1, 0.15) is 43.7 Å². The molecule has 2 N–H and O–H groups in total. The normalized spacial score (nSPS) is 25.5. The lowest BCUT2D eigenvalue weighted by Gasteiger charge is -2.24. The Morgan fingerprint density at radius 1 is 1.10 bits per heavy atom. The van der Waals surface area contributed by atoms with Crippen LogP contribution in [0.15, 0.2) is 30.3 Å². The molecule has 2 unspecified atom stereocenters. The van der Waals surface area contributed by atoms with Gasteiger partial charge in [0.2, 0.25) is 0 Å². The molecule has 0 aliphatic carbocycles. The highest BCUT2D eigenvalue weighted by Gasteiger charge is 2.28. The van der Waals surface area contributed by atoms with Gasteiger partial charge in [0.1, 0.15) is 0 Å². The van der Waals surface area contributed by atoms with Gasteiger partial charge in [0.05, 0.1) is 0 Å². The molecule has 2 fully saturated rings. The van der Waals surface area contributed by atoms with E-state index in [-0.39, 0.29) is 6.04 Å². The minimum Gasteiger partial charge on any atom is -0.324 e. The third-order valence-electron chi connectivity index (χ3n) is 5.12. The maximum Gasteiger partial charge on any atom is 0.0295 e. The number of benzene rings is 1. The molecule has 0 bridgehead atoms. The molecule has 0 saturated carbocycles. The van der Waals surface area contributed by atoms with Gasteiger partial charge in [-0.15, -0.1) is 0 Å². The molecule has 2 aliphatic heterocycles. The van der Waals surface area contributed by atoms with E-state index in [9.17, 15) is 0 Å². The fraction of sp³-hybridized carbons (Fsp3) is 0.667. The van der Waals surface area contributed by atoms with E-state index in [0.717, 1.165) is 12.5 Å². The van der Waals surface area contributed by atoms with Crippen molar-refractivity contribution in [2.45, 2.75) is 44.2 Å². The molecule has 2 heterocycles. The van der Waals surface area contributed by atoms with E-state index in [2.05, 4.69) is 40.1 Å². The van der Waals surface area contributed by atoms with Gasteiger partial charge in [0, 0.05) is 18.6 Å². The van der Waals surface area contributed by atoms with Gasteiger partial charge in [0.25, 0.3) is 0 Å². The van der Waals surface area contributed by atoms with Crippen LogP contribution in [0.5, 0.6) is 0 Å². The van der Waals surface area contributed by atoms with Gasteiger partial charge in [0.15, 0.2) is 0 Å². The van der Waals surface area contributed by atoms with Crippen molar-refractivity contribution in [2.24, 2.45) is 5.73 Å². The molecule has 3 rings (SSSR count). The average Bonchev–Trinajstić information content (AvgIpc) is 3.19. The molecule has 0 radical (unpaired) electrons. The van der Waals surface area contributed by atoms with Crippen LogP contribution in [0, 0.1) is 0 Å². The monoisotopic (exact) mass is 287 g/mol. The molecular formula is C18H29N3. The van der Waals surface area contributed by atoms with Gasteiger partial charge < -0.3 is 10.6 Å². The van der Waals surface area contributed by atoms with Gasteiger partial charge in [-0.05, 0) is 63.8 Å². The predicted octanol–water partition coefficient (Wildman–Crippen LogP) is 2.64. The van der Waals surface area contributed by atoms with Gasteiger partial charge in [-0.2, -0.15) is 0 Å². The number of likely N-dealkylation sites (tertiary alicyclic amines) is 2. The molecule has 3 heteroatoms. The highest BCUT2D eigenvalue weighted by Crippen LogP contribution is 2.21. The summed E-state index contributed by atoms with van der Waals surface area (Å²) in [5, 5.41) is 0. The number of nitrogens with zero attached hydrogens (tertiary/aromatic N) is 2. The SMILES string of the molecule is NC(CCCN1CCC(N2CCCC2)C1)c1ccccc1. The minimum atomic E-state index is 0.197. The van der Waals surface area contributed by atoms with Crippen LogP contribution in [0.25, 0.3) is 0 Å². The zero-order chi connectivity index (χ0) is 14.5. The van der Waals surface area contributed by atoms with Crippen LogP contribution < -0.4 is 5.73 Å². The Hall–Kier alpha value is -0.900. The standard InChI is InChI=1S/C18H29N3/c19-18(16-7-2-1-3-8-16)9-6-11-20-14-10-17(15-20)21-12-4-5-13-21/h1-3,7-8,17-18H,4-6,9-15,19H2. The summed E-state index contributed by atoms with van der Waals surface area (Å²) >= 11 is 0. The molecule has 0 aromatic heterocycles. The number of hydrogen-bond acceptors (Lipinski definition) is 3. The molecule has 0 amide bonds. The number of nitrogens with two attached hydrogens (primary N) is 1. The molecule has 1 aromatic carbocycles. The summed E-state index contributed by atoms with van der Waals surface area (Å²) in [6, 6.07) is 11.5. The zero-order valence-corrected chi connectivity index (χ0v) is 13.1. The van der Waals surface area contributed by atoms with E-state index >= 15 is 0 Å². The van der Waals surface area contributed by atoms with Crippen LogP contribution in [0.2, 0.25) is 0 Å². The number of hydrogen-bond donors (Lipinski definition) is 1. The predicted molar refractivity (Wildman–Crippen MR) is 88.3 cm³/mol. The fourth-order valence-corrected chi connectivity index (χ4v) is 3.82. The second-order valence-corrected chi connectivity index (χ2v) is 6.65. The Bertz CT molecular complexity index is 414. The van der Waals surface area contributed by atoms with Gasteiger partial charge in [-0.1, -0.05) is 30.3 Å². The van der Waals surface area contributed by atoms with Crippen molar-refractivity contribution in [3.63, 3.8) is 0 Å². The lowest BCUT2D eigenvalue weighted by Crippen LogP contribution is -2.35. The quantitative estimate of drug-likeness (QED) is 0.873. The summed E-state index contributed by atoms with van der Waals surface area (Å²) in [6.07, 6.45) is 6.48. The molecule has 0 spiro atoms. The van der Waals surface area contributed by atoms with E-state index < -0.39 is 0 Å². The Balaban J connectivity index is 1.36. The molecule has 116 valence electrons. The lowest BCUT2D eigenvalue weighted by molar-refractivity contribution is 0.230. The molecule has 21 heavy (non-hydrogen) atoms. The largest absolute Gasteiger partial charge is 0.324 e. The first-order valence-electron chi connectivity index (χ1n) is 8.60. The van der Waals surface area contributed by atoms with Crippen molar-refractivity contribution in [3.05, 3.63) is 35.9 Å². The third kappa shape index (κ3) is 4.06. The number of rotatable bonds is 6. The van der Waals surface area contributed by atoms with Crippen LogP contribution in [-0.2, 0) is 0 Å². The first-order valence-corrected chi connectivity index (χ1v) is 8.60. The van der Waals surface area contributed by atoms with Gasteiger partial charge in [-0.25, -0.2) is 0 Å². The minimum absolute atomic E-state index is 0.197. The summed E-state index contributed by atoms with van der Waals surface area (Å²) in [7, 11) is 0. The van der Waals surface area contributed by atoms with Gasteiger partial charge >= 0.3 is 0 Å². The summed E-state index contributed by atoms with van der Waals surface area (Å²) in [5.74, 6) is 0. The van der Waals surface area contributed by atoms with Crippen LogP contribution in [0.3, 0.4) is 0 Å². The summed E-state index contributed by atoms with van der Waals surface area (Å²) in [5.41, 5.74) is 7.55. The second kappa shape index (κ2) is 7.39. The van der Waals surface area contributed by atoms with Crippen LogP contribution >= 0.6 is 0 Å². The van der Waals surface area contributed by atoms with E-state index in [1.165, 1.54) is 64.0 Å². The first kappa shape index (κ1) is 15.0. The van der Waals surface area contributed by atoms with Crippen molar-refractivity contribution < 1.29 is 0 Å². The highest BCUT2D eigenvalue weighted by molar-refractivity contribution is 5.18. The van der Waals surface area contributed by atoms with E-state index in [1.807, 2.05) is 0 Å². The topological polar surface area (TPSA) is 32.5 Å². The van der Waals surface area contributed by atoms with Crippen LogP contribution in [0.4, 0.5) is 0 Å². The maximum absolute atomic E-state index is 6.28. The summed E-state index contributed by atoms with van der Waals surface area (Å²) in [4.78, 5) is 5.34. The van der Waals surface area contributed by atoms with Crippen molar-refractivity contribution >= 4 is 0 Å². The molecule has 1 aromatic rings. The van der Waals surface area contributed by atoms with Gasteiger partial charge in [-0.3, -0.25) is 4.90 Å². The summed E-state index contributed by atoms with van der Waals surface area (Å²) in [6.45, 7) is 6.43. The van der Waals surface area contributed by atoms with E-state index in [1.54, 1.807) is 0 Å². The molecule has 3 nitrogen and oxygen atoms in total. The van der Waals surface area contributed by atoms with Crippen LogP contribution in [-0.4, -0.2) is 48.6 Å². The van der Waals surface area contributed by atoms with Crippen molar-refractivity contribution in [3.8, 4) is 0 Å². The van der Waals surface area contributed by atoms with E-state index in [4.69, 9.17) is 5.73 Å². The molecule has 2 aliphatic rings. The van der Waals surface area contributed by atoms with E-state index in [0.29, 0.717) is 0 Å². The average molecular weight is 287 g/mol. The smallest absolute Gasteiger partial charge is 0.0295 e. The lowest BCUT2D eigenvalue weighted by atomic mass is 10.0. The van der Waals surface area contributed by atoms with Crippen molar-refractivity contribution in [2.75, 3.05) is 32.7 Å². The Kier molecular flexibility index (Phi) is 5.28. The third-order valence-corrected chi connectivity index (χ3v) is 5.12. The Morgan fingerprint density at radius 2 is 1.86 bits per heavy atom. The highest BCUT2D eigenvalue weighted by atomic mass is 15.3. The Labute approximate surface area is 129 Å². The Morgan fingerprint density at radius 3 is 2.62 bits per heavy atom. The molecule has 2 saturated heterocycles. The summed E-state index contributed by atoms with van der Waals surface area (Å²) < 4.78 is 0. The zero-order valence-electron chi connectivity index (χ0n) is 13.1. The maximum atomic E-state index is 6.28. The fourth-order valence-electron chi connectivity index (χ4n) is 3.82.